The average Bonchev–Trinajstić information content (AvgIpc) is 2.70. The molecule has 27 heavy (non-hydrogen) atoms. The van der Waals surface area contributed by atoms with Gasteiger partial charge in [0.25, 0.3) is 0 Å². The van der Waals surface area contributed by atoms with Gasteiger partial charge in [0.15, 0.2) is 5.96 Å². The number of aliphatic imine (C=N–C) groups is 1. The molecule has 1 aromatic carbocycles. The molecule has 1 aromatic rings. The fraction of sp³-hybridized carbons (Fsp3) is 0.550. The fourth-order valence-corrected chi connectivity index (χ4v) is 3.08. The first-order valence-corrected chi connectivity index (χ1v) is 9.65. The SMILES string of the molecule is CCNC(=NCC(=O)N(CC)Cc1ccccc1)N1CCN(C(C)=O)CC1. The molecule has 0 aromatic heterocycles. The highest BCUT2D eigenvalue weighted by molar-refractivity contribution is 5.85. The van der Waals surface area contributed by atoms with Crippen LogP contribution in [0.2, 0.25) is 0 Å². The molecule has 1 saturated heterocycles. The van der Waals surface area contributed by atoms with Gasteiger partial charge in [0, 0.05) is 52.7 Å². The minimum atomic E-state index is 0.0131. The number of likely N-dealkylation sites (N-methyl/N-ethyl adjacent to an activating group) is 1. The van der Waals surface area contributed by atoms with Crippen LogP contribution in [0.15, 0.2) is 35.3 Å². The van der Waals surface area contributed by atoms with Crippen molar-refractivity contribution in [2.24, 2.45) is 4.99 Å². The van der Waals surface area contributed by atoms with Crippen molar-refractivity contribution in [3.8, 4) is 0 Å². The lowest BCUT2D eigenvalue weighted by Crippen LogP contribution is -2.53. The molecule has 0 bridgehead atoms. The van der Waals surface area contributed by atoms with Crippen LogP contribution in [0.1, 0.15) is 26.3 Å². The summed E-state index contributed by atoms with van der Waals surface area (Å²) in [6.07, 6.45) is 0. The van der Waals surface area contributed by atoms with Gasteiger partial charge in [-0.05, 0) is 19.4 Å². The van der Waals surface area contributed by atoms with Gasteiger partial charge in [-0.25, -0.2) is 4.99 Å². The molecule has 7 nitrogen and oxygen atoms in total. The quantitative estimate of drug-likeness (QED) is 0.600. The fourth-order valence-electron chi connectivity index (χ4n) is 3.08. The highest BCUT2D eigenvalue weighted by Gasteiger charge is 2.21. The zero-order chi connectivity index (χ0) is 19.6. The standard InChI is InChI=1S/C20H31N5O2/c1-4-21-20(25-13-11-24(12-14-25)17(3)26)22-15-19(27)23(5-2)16-18-9-7-6-8-10-18/h6-10H,4-5,11-16H2,1-3H3,(H,21,22). The number of hydrogen-bond acceptors (Lipinski definition) is 3. The van der Waals surface area contributed by atoms with E-state index in [0.717, 1.165) is 31.2 Å². The van der Waals surface area contributed by atoms with Gasteiger partial charge in [-0.1, -0.05) is 30.3 Å². The van der Waals surface area contributed by atoms with E-state index in [1.54, 1.807) is 6.92 Å². The van der Waals surface area contributed by atoms with Gasteiger partial charge in [-0.15, -0.1) is 0 Å². The lowest BCUT2D eigenvalue weighted by atomic mass is 10.2. The van der Waals surface area contributed by atoms with E-state index in [9.17, 15) is 9.59 Å². The summed E-state index contributed by atoms with van der Waals surface area (Å²) in [5.41, 5.74) is 1.11. The Morgan fingerprint density at radius 3 is 2.26 bits per heavy atom. The van der Waals surface area contributed by atoms with E-state index in [1.807, 2.05) is 54.0 Å². The number of nitrogens with one attached hydrogen (secondary N) is 1. The minimum Gasteiger partial charge on any atom is -0.357 e. The average molecular weight is 374 g/mol. The summed E-state index contributed by atoms with van der Waals surface area (Å²) in [6.45, 7) is 10.5. The normalized spacial score (nSPS) is 14.9. The summed E-state index contributed by atoms with van der Waals surface area (Å²) in [5, 5.41) is 3.26. The van der Waals surface area contributed by atoms with Crippen molar-refractivity contribution in [2.45, 2.75) is 27.3 Å². The van der Waals surface area contributed by atoms with Crippen molar-refractivity contribution < 1.29 is 9.59 Å². The monoisotopic (exact) mass is 373 g/mol. The molecule has 1 aliphatic rings. The third-order valence-corrected chi connectivity index (χ3v) is 4.67. The number of amides is 2. The molecule has 2 rings (SSSR count). The lowest BCUT2D eigenvalue weighted by Gasteiger charge is -2.36. The number of carbonyl (C=O) groups excluding carboxylic acids is 2. The smallest absolute Gasteiger partial charge is 0.244 e. The summed E-state index contributed by atoms with van der Waals surface area (Å²) in [7, 11) is 0. The Balaban J connectivity index is 1.96. The third-order valence-electron chi connectivity index (χ3n) is 4.67. The Labute approximate surface area is 162 Å². The second kappa shape index (κ2) is 10.5. The predicted molar refractivity (Wildman–Crippen MR) is 107 cm³/mol. The van der Waals surface area contributed by atoms with Gasteiger partial charge in [0.1, 0.15) is 6.54 Å². The zero-order valence-corrected chi connectivity index (χ0v) is 16.6. The summed E-state index contributed by atoms with van der Waals surface area (Å²) in [6, 6.07) is 9.99. The summed E-state index contributed by atoms with van der Waals surface area (Å²) in [5.74, 6) is 0.857. The van der Waals surface area contributed by atoms with E-state index in [0.29, 0.717) is 26.2 Å². The predicted octanol–water partition coefficient (Wildman–Crippen LogP) is 1.16. The molecule has 7 heteroatoms. The van der Waals surface area contributed by atoms with Crippen LogP contribution in [-0.2, 0) is 16.1 Å². The van der Waals surface area contributed by atoms with Crippen molar-refractivity contribution in [1.29, 1.82) is 0 Å². The highest BCUT2D eigenvalue weighted by Crippen LogP contribution is 2.06. The van der Waals surface area contributed by atoms with E-state index in [2.05, 4.69) is 15.2 Å². The molecule has 1 heterocycles. The Morgan fingerprint density at radius 2 is 1.70 bits per heavy atom. The Morgan fingerprint density at radius 1 is 1.07 bits per heavy atom. The maximum Gasteiger partial charge on any atom is 0.244 e. The Kier molecular flexibility index (Phi) is 8.10. The molecule has 148 valence electrons. The van der Waals surface area contributed by atoms with Crippen LogP contribution in [0.4, 0.5) is 0 Å². The maximum absolute atomic E-state index is 12.6. The number of benzene rings is 1. The Hall–Kier alpha value is -2.57. The van der Waals surface area contributed by atoms with Crippen molar-refractivity contribution in [3.63, 3.8) is 0 Å². The minimum absolute atomic E-state index is 0.0131. The van der Waals surface area contributed by atoms with Crippen LogP contribution in [0.5, 0.6) is 0 Å². The van der Waals surface area contributed by atoms with E-state index in [1.165, 1.54) is 0 Å². The number of rotatable bonds is 6. The number of carbonyl (C=O) groups is 2. The van der Waals surface area contributed by atoms with Crippen molar-refractivity contribution in [1.82, 2.24) is 20.0 Å². The zero-order valence-electron chi connectivity index (χ0n) is 16.6. The van der Waals surface area contributed by atoms with E-state index in [-0.39, 0.29) is 18.4 Å². The topological polar surface area (TPSA) is 68.2 Å². The van der Waals surface area contributed by atoms with Gasteiger partial charge >= 0.3 is 0 Å². The second-order valence-electron chi connectivity index (χ2n) is 6.56. The molecule has 1 N–H and O–H groups in total. The van der Waals surface area contributed by atoms with E-state index < -0.39 is 0 Å². The number of guanidine groups is 1. The van der Waals surface area contributed by atoms with Gasteiger partial charge in [-0.3, -0.25) is 9.59 Å². The summed E-state index contributed by atoms with van der Waals surface area (Å²) >= 11 is 0. The molecule has 1 fully saturated rings. The molecule has 0 spiro atoms. The molecule has 2 amide bonds. The number of hydrogen-bond donors (Lipinski definition) is 1. The van der Waals surface area contributed by atoms with Crippen molar-refractivity contribution in [2.75, 3.05) is 45.8 Å². The molecule has 0 saturated carbocycles. The summed E-state index contributed by atoms with van der Waals surface area (Å²) < 4.78 is 0. The molecule has 0 atom stereocenters. The van der Waals surface area contributed by atoms with Crippen molar-refractivity contribution >= 4 is 17.8 Å². The molecule has 0 radical (unpaired) electrons. The van der Waals surface area contributed by atoms with Gasteiger partial charge in [-0.2, -0.15) is 0 Å². The van der Waals surface area contributed by atoms with Crippen molar-refractivity contribution in [3.05, 3.63) is 35.9 Å². The number of nitrogens with zero attached hydrogens (tertiary/aromatic N) is 4. The van der Waals surface area contributed by atoms with Crippen LogP contribution in [0, 0.1) is 0 Å². The van der Waals surface area contributed by atoms with Gasteiger partial charge in [0.05, 0.1) is 0 Å². The van der Waals surface area contributed by atoms with Crippen LogP contribution in [-0.4, -0.2) is 78.3 Å². The van der Waals surface area contributed by atoms with Crippen LogP contribution < -0.4 is 5.32 Å². The lowest BCUT2D eigenvalue weighted by molar-refractivity contribution is -0.130. The molecule has 1 aliphatic heterocycles. The van der Waals surface area contributed by atoms with Crippen LogP contribution >= 0.6 is 0 Å². The maximum atomic E-state index is 12.6. The first-order chi connectivity index (χ1) is 13.0. The molecular weight excluding hydrogens is 342 g/mol. The van der Waals surface area contributed by atoms with E-state index >= 15 is 0 Å². The highest BCUT2D eigenvalue weighted by atomic mass is 16.2. The third kappa shape index (κ3) is 6.27. The molecule has 0 aliphatic carbocycles. The number of piperazine rings is 1. The molecule has 0 unspecified atom stereocenters. The van der Waals surface area contributed by atoms with Gasteiger partial charge in [0.2, 0.25) is 11.8 Å². The first kappa shape index (κ1) is 20.7. The van der Waals surface area contributed by atoms with Gasteiger partial charge < -0.3 is 20.0 Å². The van der Waals surface area contributed by atoms with Crippen LogP contribution in [0.25, 0.3) is 0 Å². The summed E-state index contributed by atoms with van der Waals surface area (Å²) in [4.78, 5) is 34.4. The van der Waals surface area contributed by atoms with Crippen LogP contribution in [0.3, 0.4) is 0 Å². The largest absolute Gasteiger partial charge is 0.357 e. The second-order valence-corrected chi connectivity index (χ2v) is 6.56. The first-order valence-electron chi connectivity index (χ1n) is 9.65. The van der Waals surface area contributed by atoms with E-state index in [4.69, 9.17) is 0 Å². The molecular formula is C20H31N5O2. The Bertz CT molecular complexity index is 639.